The van der Waals surface area contributed by atoms with Gasteiger partial charge in [0.25, 0.3) is 0 Å². The Labute approximate surface area is 219 Å². The zero-order valence-corrected chi connectivity index (χ0v) is 20.9. The van der Waals surface area contributed by atoms with Crippen LogP contribution in [-0.4, -0.2) is 51.8 Å². The standard InChI is InChI=1S/C25H23F5N4O3S/c1-2-32-13-18(23(36)37)22(35)17-10-19(27)21(11-20(17)32)33-3-5-34(6-4-33)24(38)31-16-8-14(12-26)7-15(9-16)25(28,29)30/h7-11,13H,2-6,12H2,1H3,(H,31,38)(H,36,37). The number of piperazine rings is 1. The molecule has 1 aliphatic heterocycles. The van der Waals surface area contributed by atoms with Crippen molar-refractivity contribution in [2.75, 3.05) is 36.4 Å². The van der Waals surface area contributed by atoms with E-state index in [0.717, 1.165) is 18.2 Å². The molecular formula is C25H23F5N4O3S. The first kappa shape index (κ1) is 27.3. The summed E-state index contributed by atoms with van der Waals surface area (Å²) in [5, 5.41) is 12.2. The summed E-state index contributed by atoms with van der Waals surface area (Å²) in [5.74, 6) is -2.08. The van der Waals surface area contributed by atoms with Crippen molar-refractivity contribution in [3.63, 3.8) is 0 Å². The van der Waals surface area contributed by atoms with Crippen molar-refractivity contribution in [1.82, 2.24) is 9.47 Å². The van der Waals surface area contributed by atoms with Gasteiger partial charge in [-0.15, -0.1) is 0 Å². The molecule has 2 aromatic carbocycles. The summed E-state index contributed by atoms with van der Waals surface area (Å²) in [6.07, 6.45) is -3.41. The lowest BCUT2D eigenvalue weighted by atomic mass is 10.1. The molecule has 4 rings (SSSR count). The van der Waals surface area contributed by atoms with Crippen molar-refractivity contribution in [3.8, 4) is 0 Å². The summed E-state index contributed by atoms with van der Waals surface area (Å²) in [7, 11) is 0. The van der Waals surface area contributed by atoms with Gasteiger partial charge in [0.05, 0.1) is 16.8 Å². The van der Waals surface area contributed by atoms with Crippen LogP contribution >= 0.6 is 12.2 Å². The molecule has 2 N–H and O–H groups in total. The van der Waals surface area contributed by atoms with Crippen molar-refractivity contribution >= 4 is 45.6 Å². The smallest absolute Gasteiger partial charge is 0.416 e. The third-order valence-electron chi connectivity index (χ3n) is 6.35. The Hall–Kier alpha value is -3.74. The van der Waals surface area contributed by atoms with Gasteiger partial charge in [-0.3, -0.25) is 4.79 Å². The van der Waals surface area contributed by atoms with Gasteiger partial charge in [-0.25, -0.2) is 13.6 Å². The van der Waals surface area contributed by atoms with Gasteiger partial charge < -0.3 is 24.8 Å². The molecule has 0 aliphatic carbocycles. The zero-order chi connectivity index (χ0) is 27.8. The molecule has 2 heterocycles. The Morgan fingerprint density at radius 3 is 2.37 bits per heavy atom. The van der Waals surface area contributed by atoms with E-state index in [2.05, 4.69) is 5.32 Å². The second-order valence-electron chi connectivity index (χ2n) is 8.74. The van der Waals surface area contributed by atoms with Crippen molar-refractivity contribution in [1.29, 1.82) is 0 Å². The fraction of sp³-hybridized carbons (Fsp3) is 0.320. The first-order chi connectivity index (χ1) is 17.9. The maximum Gasteiger partial charge on any atom is 0.416 e. The molecule has 0 saturated carbocycles. The number of nitrogens with one attached hydrogen (secondary N) is 1. The Balaban J connectivity index is 1.52. The van der Waals surface area contributed by atoms with Crippen LogP contribution in [-0.2, 0) is 19.4 Å². The van der Waals surface area contributed by atoms with E-state index >= 15 is 4.39 Å². The summed E-state index contributed by atoms with van der Waals surface area (Å²) in [6.45, 7) is 2.32. The van der Waals surface area contributed by atoms with Crippen molar-refractivity contribution in [2.45, 2.75) is 26.3 Å². The normalized spacial score (nSPS) is 14.2. The van der Waals surface area contributed by atoms with E-state index < -0.39 is 41.2 Å². The van der Waals surface area contributed by atoms with Gasteiger partial charge in [0.1, 0.15) is 18.1 Å². The molecule has 38 heavy (non-hydrogen) atoms. The number of halogens is 5. The molecule has 1 saturated heterocycles. The summed E-state index contributed by atoms with van der Waals surface area (Å²) in [5.41, 5.74) is -1.70. The third kappa shape index (κ3) is 5.42. The van der Waals surface area contributed by atoms with E-state index in [-0.39, 0.29) is 27.4 Å². The van der Waals surface area contributed by atoms with Crippen LogP contribution in [0.5, 0.6) is 0 Å². The van der Waals surface area contributed by atoms with E-state index in [4.69, 9.17) is 12.2 Å². The Bertz CT molecular complexity index is 1470. The van der Waals surface area contributed by atoms with E-state index in [1.807, 2.05) is 0 Å². The van der Waals surface area contributed by atoms with E-state index in [0.29, 0.717) is 38.2 Å². The highest BCUT2D eigenvalue weighted by molar-refractivity contribution is 7.80. The van der Waals surface area contributed by atoms with Crippen LogP contribution in [0.1, 0.15) is 28.4 Å². The third-order valence-corrected chi connectivity index (χ3v) is 6.71. The lowest BCUT2D eigenvalue weighted by Crippen LogP contribution is -2.50. The number of carboxylic acids is 1. The highest BCUT2D eigenvalue weighted by atomic mass is 32.1. The first-order valence-corrected chi connectivity index (χ1v) is 12.0. The van der Waals surface area contributed by atoms with Crippen LogP contribution in [0, 0.1) is 5.82 Å². The molecule has 0 spiro atoms. The number of alkyl halides is 4. The maximum absolute atomic E-state index is 15.1. The van der Waals surface area contributed by atoms with Gasteiger partial charge in [0, 0.05) is 50.0 Å². The number of aromatic carboxylic acids is 1. The second-order valence-corrected chi connectivity index (χ2v) is 9.12. The predicted octanol–water partition coefficient (Wildman–Crippen LogP) is 4.87. The Morgan fingerprint density at radius 1 is 1.11 bits per heavy atom. The van der Waals surface area contributed by atoms with Crippen LogP contribution < -0.4 is 15.6 Å². The van der Waals surface area contributed by atoms with E-state index in [1.54, 1.807) is 21.3 Å². The number of hydrogen-bond acceptors (Lipinski definition) is 4. The fourth-order valence-electron chi connectivity index (χ4n) is 4.41. The average Bonchev–Trinajstić information content (AvgIpc) is 2.88. The molecule has 13 heteroatoms. The van der Waals surface area contributed by atoms with Crippen molar-refractivity contribution < 1.29 is 31.9 Å². The van der Waals surface area contributed by atoms with Gasteiger partial charge in [0.15, 0.2) is 5.11 Å². The molecule has 7 nitrogen and oxygen atoms in total. The summed E-state index contributed by atoms with van der Waals surface area (Å²) >= 11 is 5.36. The minimum absolute atomic E-state index is 0.0127. The Kier molecular flexibility index (Phi) is 7.58. The molecule has 0 radical (unpaired) electrons. The number of aromatic nitrogens is 1. The number of carboxylic acid groups (broad SMARTS) is 1. The summed E-state index contributed by atoms with van der Waals surface area (Å²) in [4.78, 5) is 27.5. The molecule has 3 aromatic rings. The lowest BCUT2D eigenvalue weighted by molar-refractivity contribution is -0.137. The van der Waals surface area contributed by atoms with Crippen molar-refractivity contribution in [3.05, 3.63) is 69.3 Å². The Morgan fingerprint density at radius 2 is 1.79 bits per heavy atom. The van der Waals surface area contributed by atoms with Crippen molar-refractivity contribution in [2.24, 2.45) is 0 Å². The summed E-state index contributed by atoms with van der Waals surface area (Å²) < 4.78 is 69.2. The molecule has 1 aromatic heterocycles. The molecule has 1 fully saturated rings. The zero-order valence-electron chi connectivity index (χ0n) is 20.1. The highest BCUT2D eigenvalue weighted by Crippen LogP contribution is 2.32. The van der Waals surface area contributed by atoms with Gasteiger partial charge in [0.2, 0.25) is 5.43 Å². The molecule has 202 valence electrons. The quantitative estimate of drug-likeness (QED) is 0.345. The molecule has 0 unspecified atom stereocenters. The molecule has 1 aliphatic rings. The summed E-state index contributed by atoms with van der Waals surface area (Å²) in [6, 6.07) is 5.40. The number of fused-ring (bicyclic) bond motifs is 1. The largest absolute Gasteiger partial charge is 0.477 e. The average molecular weight is 555 g/mol. The number of nitrogens with zero attached hydrogens (tertiary/aromatic N) is 3. The number of hydrogen-bond donors (Lipinski definition) is 2. The van der Waals surface area contributed by atoms with Crippen LogP contribution in [0.3, 0.4) is 0 Å². The minimum atomic E-state index is -4.64. The molecule has 0 amide bonds. The number of benzene rings is 2. The van der Waals surface area contributed by atoms with Crippen LogP contribution in [0.25, 0.3) is 10.9 Å². The topological polar surface area (TPSA) is 77.8 Å². The number of pyridine rings is 1. The maximum atomic E-state index is 15.1. The molecule has 0 bridgehead atoms. The monoisotopic (exact) mass is 554 g/mol. The molecule has 0 atom stereocenters. The first-order valence-electron chi connectivity index (χ1n) is 11.6. The lowest BCUT2D eigenvalue weighted by Gasteiger charge is -2.37. The predicted molar refractivity (Wildman–Crippen MR) is 137 cm³/mol. The van der Waals surface area contributed by atoms with Gasteiger partial charge in [-0.2, -0.15) is 13.2 Å². The number of carbonyl (C=O) groups is 1. The number of anilines is 2. The molecular weight excluding hydrogens is 531 g/mol. The van der Waals surface area contributed by atoms with Gasteiger partial charge in [-0.1, -0.05) is 0 Å². The number of aryl methyl sites for hydroxylation is 1. The van der Waals surface area contributed by atoms with Crippen LogP contribution in [0.15, 0.2) is 41.3 Å². The van der Waals surface area contributed by atoms with Crippen LogP contribution in [0.2, 0.25) is 0 Å². The minimum Gasteiger partial charge on any atom is -0.477 e. The van der Waals surface area contributed by atoms with E-state index in [9.17, 15) is 32.3 Å². The van der Waals surface area contributed by atoms with Gasteiger partial charge >= 0.3 is 12.1 Å². The van der Waals surface area contributed by atoms with Gasteiger partial charge in [-0.05, 0) is 55.0 Å². The SMILES string of the molecule is CCn1cc(C(=O)O)c(=O)c2cc(F)c(N3CCN(C(=S)Nc4cc(CF)cc(C(F)(F)F)c4)CC3)cc21. The van der Waals surface area contributed by atoms with E-state index in [1.165, 1.54) is 18.3 Å². The van der Waals surface area contributed by atoms with Crippen LogP contribution in [0.4, 0.5) is 33.3 Å². The fourth-order valence-corrected chi connectivity index (χ4v) is 4.71. The number of rotatable bonds is 5. The second kappa shape index (κ2) is 10.6. The highest BCUT2D eigenvalue weighted by Gasteiger charge is 2.31. The number of thiocarbonyl (C=S) groups is 1.